The van der Waals surface area contributed by atoms with Crippen molar-refractivity contribution in [1.29, 1.82) is 0 Å². The molecule has 6 atom stereocenters. The van der Waals surface area contributed by atoms with E-state index < -0.39 is 59.6 Å². The number of hydrogen-bond donors (Lipinski definition) is 5. The Morgan fingerprint density at radius 3 is 2.49 bits per heavy atom. The third-order valence-electron chi connectivity index (χ3n) is 8.02. The molecule has 0 bridgehead atoms. The van der Waals surface area contributed by atoms with Gasteiger partial charge in [0.2, 0.25) is 5.78 Å². The molecule has 2 aliphatic carbocycles. The van der Waals surface area contributed by atoms with Gasteiger partial charge in [0.05, 0.1) is 48.7 Å². The number of aliphatic hydroxyl groups excluding tert-OH is 2. The van der Waals surface area contributed by atoms with E-state index in [-0.39, 0.29) is 65.0 Å². The molecule has 5 rings (SSSR count). The van der Waals surface area contributed by atoms with Crippen LogP contribution in [0.4, 0.5) is 0 Å². The summed E-state index contributed by atoms with van der Waals surface area (Å²) in [6, 6.07) is 3.97. The van der Waals surface area contributed by atoms with E-state index in [0.29, 0.717) is 5.71 Å². The number of phenolic OH excluding ortho intramolecular Hbond substituents is 2. The Bertz CT molecular complexity index is 1360. The first-order valence-electron chi connectivity index (χ1n) is 12.8. The number of benzene rings is 2. The maximum Gasteiger partial charge on any atom is 0.202 e. The summed E-state index contributed by atoms with van der Waals surface area (Å²) in [6.07, 6.45) is -2.73. The van der Waals surface area contributed by atoms with Gasteiger partial charge in [0.25, 0.3) is 0 Å². The number of aromatic hydroxyl groups is 2. The van der Waals surface area contributed by atoms with Crippen LogP contribution in [0, 0.1) is 5.92 Å². The number of ether oxygens (including phenoxy) is 3. The van der Waals surface area contributed by atoms with Crippen LogP contribution < -0.4 is 10.5 Å². The molecule has 6 N–H and O–H groups in total. The van der Waals surface area contributed by atoms with Crippen LogP contribution in [-0.2, 0) is 15.9 Å². The summed E-state index contributed by atoms with van der Waals surface area (Å²) in [4.78, 5) is 31.5. The van der Waals surface area contributed by atoms with Crippen LogP contribution in [0.3, 0.4) is 0 Å². The molecule has 0 spiro atoms. The molecule has 11 heteroatoms. The zero-order chi connectivity index (χ0) is 28.2. The van der Waals surface area contributed by atoms with Crippen LogP contribution in [0.2, 0.25) is 0 Å². The Labute approximate surface area is 224 Å². The highest BCUT2D eigenvalue weighted by Gasteiger charge is 2.45. The molecule has 2 aromatic rings. The zero-order valence-corrected chi connectivity index (χ0v) is 21.9. The summed E-state index contributed by atoms with van der Waals surface area (Å²) < 4.78 is 17.4. The average molecular weight is 541 g/mol. The Morgan fingerprint density at radius 2 is 1.85 bits per heavy atom. The number of aliphatic imine (C=N–C) groups is 1. The van der Waals surface area contributed by atoms with Crippen molar-refractivity contribution in [2.45, 2.75) is 56.8 Å². The minimum absolute atomic E-state index is 0.00314. The number of aliphatic hydroxyl groups is 2. The van der Waals surface area contributed by atoms with E-state index in [9.17, 15) is 30.0 Å². The van der Waals surface area contributed by atoms with Crippen molar-refractivity contribution in [2.24, 2.45) is 16.6 Å². The molecule has 0 radical (unpaired) electrons. The molecule has 0 amide bonds. The molecule has 11 nitrogen and oxygen atoms in total. The number of carbonyl (C=O) groups excluding carboxylic acids is 2. The molecule has 0 unspecified atom stereocenters. The van der Waals surface area contributed by atoms with Crippen LogP contribution in [0.1, 0.15) is 68.8 Å². The average Bonchev–Trinajstić information content (AvgIpc) is 2.92. The largest absolute Gasteiger partial charge is 0.507 e. The maximum atomic E-state index is 13.7. The molecule has 3 aliphatic rings. The van der Waals surface area contributed by atoms with Gasteiger partial charge in [-0.3, -0.25) is 14.6 Å². The van der Waals surface area contributed by atoms with Crippen molar-refractivity contribution < 1.29 is 44.2 Å². The van der Waals surface area contributed by atoms with E-state index >= 15 is 0 Å². The monoisotopic (exact) mass is 540 g/mol. The first-order valence-corrected chi connectivity index (χ1v) is 12.8. The lowest BCUT2D eigenvalue weighted by atomic mass is 9.73. The summed E-state index contributed by atoms with van der Waals surface area (Å²) >= 11 is 0. The quantitative estimate of drug-likeness (QED) is 0.234. The predicted molar refractivity (Wildman–Crippen MR) is 139 cm³/mol. The lowest BCUT2D eigenvalue weighted by Crippen LogP contribution is -2.52. The lowest BCUT2D eigenvalue weighted by Gasteiger charge is -2.40. The molecule has 1 fully saturated rings. The lowest BCUT2D eigenvalue weighted by molar-refractivity contribution is -0.242. The molecule has 1 saturated heterocycles. The third kappa shape index (κ3) is 4.30. The van der Waals surface area contributed by atoms with E-state index in [1.165, 1.54) is 13.2 Å². The third-order valence-corrected chi connectivity index (χ3v) is 8.02. The number of nitrogens with two attached hydrogens (primary N) is 1. The fourth-order valence-corrected chi connectivity index (χ4v) is 5.99. The Hall–Kier alpha value is -3.35. The van der Waals surface area contributed by atoms with Crippen molar-refractivity contribution in [2.75, 3.05) is 20.8 Å². The molecular formula is C28H32N2O9. The molecule has 1 heterocycles. The van der Waals surface area contributed by atoms with Crippen molar-refractivity contribution in [3.63, 3.8) is 0 Å². The highest BCUT2D eigenvalue weighted by molar-refractivity contribution is 6.31. The number of fused-ring (bicyclic) bond motifs is 3. The van der Waals surface area contributed by atoms with Crippen LogP contribution >= 0.6 is 0 Å². The summed E-state index contributed by atoms with van der Waals surface area (Å²) in [5.74, 6) is -2.41. The van der Waals surface area contributed by atoms with Crippen molar-refractivity contribution in [3.8, 4) is 17.2 Å². The Balaban J connectivity index is 1.67. The van der Waals surface area contributed by atoms with E-state index in [4.69, 9.17) is 19.9 Å². The fraction of sp³-hybridized carbons (Fsp3) is 0.464. The van der Waals surface area contributed by atoms with Gasteiger partial charge >= 0.3 is 0 Å². The number of methoxy groups -OCH3 is 1. The second-order valence-electron chi connectivity index (χ2n) is 10.2. The van der Waals surface area contributed by atoms with Gasteiger partial charge < -0.3 is 40.4 Å². The number of hydrogen-bond acceptors (Lipinski definition) is 11. The number of phenols is 2. The SMILES string of the molecule is C/N=C(\CO)[C@H]1Cc2c(O)c3c(c(O)c2[C@H](O[C@@H]2C[C@@H](N)[C@@H](O)[C@@H](C)O2)C1)C(=O)c1c(OC)cccc1C3=O. The van der Waals surface area contributed by atoms with Crippen LogP contribution in [0.15, 0.2) is 23.2 Å². The molecule has 39 heavy (non-hydrogen) atoms. The first-order chi connectivity index (χ1) is 18.6. The molecule has 0 saturated carbocycles. The summed E-state index contributed by atoms with van der Waals surface area (Å²) in [5.41, 5.74) is 6.37. The van der Waals surface area contributed by atoms with Gasteiger partial charge in [-0.2, -0.15) is 0 Å². The predicted octanol–water partition coefficient (Wildman–Crippen LogP) is 1.39. The van der Waals surface area contributed by atoms with Crippen LogP contribution in [0.5, 0.6) is 17.2 Å². The van der Waals surface area contributed by atoms with Crippen molar-refractivity contribution in [1.82, 2.24) is 0 Å². The second-order valence-corrected chi connectivity index (χ2v) is 10.2. The van der Waals surface area contributed by atoms with Gasteiger partial charge in [0.15, 0.2) is 12.1 Å². The highest BCUT2D eigenvalue weighted by Crippen LogP contribution is 2.51. The fourth-order valence-electron chi connectivity index (χ4n) is 5.99. The van der Waals surface area contributed by atoms with E-state index in [1.807, 2.05) is 0 Å². The molecule has 2 aromatic carbocycles. The number of carbonyl (C=O) groups is 2. The van der Waals surface area contributed by atoms with Crippen LogP contribution in [-0.4, -0.2) is 83.0 Å². The summed E-state index contributed by atoms with van der Waals surface area (Å²) in [7, 11) is 2.91. The van der Waals surface area contributed by atoms with Crippen molar-refractivity contribution in [3.05, 3.63) is 51.6 Å². The zero-order valence-electron chi connectivity index (χ0n) is 21.9. The number of nitrogens with zero attached hydrogens (tertiary/aromatic N) is 1. The first kappa shape index (κ1) is 27.2. The van der Waals surface area contributed by atoms with Gasteiger partial charge in [-0.25, -0.2) is 0 Å². The normalized spacial score (nSPS) is 28.5. The van der Waals surface area contributed by atoms with Gasteiger partial charge in [0, 0.05) is 47.8 Å². The maximum absolute atomic E-state index is 13.7. The minimum Gasteiger partial charge on any atom is -0.507 e. The molecule has 1 aliphatic heterocycles. The molecule has 208 valence electrons. The Kier molecular flexibility index (Phi) is 7.21. The van der Waals surface area contributed by atoms with E-state index in [2.05, 4.69) is 4.99 Å². The molecular weight excluding hydrogens is 508 g/mol. The van der Waals surface area contributed by atoms with E-state index in [1.54, 1.807) is 26.1 Å². The second kappa shape index (κ2) is 10.3. The van der Waals surface area contributed by atoms with Crippen molar-refractivity contribution >= 4 is 17.3 Å². The Morgan fingerprint density at radius 1 is 1.13 bits per heavy atom. The summed E-state index contributed by atoms with van der Waals surface area (Å²) in [6.45, 7) is 1.33. The van der Waals surface area contributed by atoms with Crippen LogP contribution in [0.25, 0.3) is 0 Å². The number of rotatable bonds is 5. The summed E-state index contributed by atoms with van der Waals surface area (Å²) in [5, 5.41) is 43.2. The topological polar surface area (TPSA) is 181 Å². The van der Waals surface area contributed by atoms with Gasteiger partial charge in [0.1, 0.15) is 17.2 Å². The number of ketones is 2. The van der Waals surface area contributed by atoms with Gasteiger partial charge in [-0.1, -0.05) is 12.1 Å². The van der Waals surface area contributed by atoms with Gasteiger partial charge in [-0.05, 0) is 25.8 Å². The smallest absolute Gasteiger partial charge is 0.202 e. The highest BCUT2D eigenvalue weighted by atomic mass is 16.7. The molecule has 0 aromatic heterocycles. The minimum atomic E-state index is -0.917. The standard InChI is InChI=1S/C28H32N2O9/c1-11-24(32)15(29)9-19(38-11)39-18-8-12(16(10-31)30-2)7-14-21(18)28(36)23-22(26(14)34)25(33)13-5-4-6-17(37-3)20(13)27(23)35/h4-6,11-12,15,18-19,24,31-32,34,36H,7-10,29H2,1-3H3/b30-16+/t11-,12+,15-,18-,19-,24+/m1/s1. The van der Waals surface area contributed by atoms with Gasteiger partial charge in [-0.15, -0.1) is 0 Å². The van der Waals surface area contributed by atoms with E-state index in [0.717, 1.165) is 0 Å².